The third-order valence-corrected chi connectivity index (χ3v) is 1.31. The molecular formula is C8H9N3O. The van der Waals surface area contributed by atoms with E-state index in [4.69, 9.17) is 0 Å². The Kier molecular flexibility index (Phi) is 2.95. The van der Waals surface area contributed by atoms with Gasteiger partial charge < -0.3 is 0 Å². The first-order valence-corrected chi connectivity index (χ1v) is 3.49. The van der Waals surface area contributed by atoms with Gasteiger partial charge in [-0.15, -0.1) is 5.11 Å². The van der Waals surface area contributed by atoms with Gasteiger partial charge in [-0.2, -0.15) is 0 Å². The van der Waals surface area contributed by atoms with Crippen molar-refractivity contribution >= 4 is 12.1 Å². The van der Waals surface area contributed by atoms with Crippen LogP contribution in [-0.2, 0) is 4.79 Å². The molecule has 1 amide bonds. The van der Waals surface area contributed by atoms with Gasteiger partial charge in [0.2, 0.25) is 6.41 Å². The van der Waals surface area contributed by atoms with Crippen LogP contribution in [0.4, 0.5) is 5.69 Å². The highest BCUT2D eigenvalue weighted by atomic mass is 16.1. The van der Waals surface area contributed by atoms with Crippen molar-refractivity contribution in [2.75, 3.05) is 0 Å². The van der Waals surface area contributed by atoms with Gasteiger partial charge in [-0.25, -0.2) is 5.43 Å². The number of carbonyl (C=O) groups excluding carboxylic acids is 1. The molecule has 0 aliphatic rings. The van der Waals surface area contributed by atoms with Gasteiger partial charge in [0.05, 0.1) is 5.69 Å². The number of nitrogens with one attached hydrogen (secondary N) is 1. The standard InChI is InChI=1S/C8H9N3O/c1-7-2-4-8(5-3-7)10-11-9-6-12/h2-6H,1H3,(H,9,10,12). The number of benzene rings is 1. The van der Waals surface area contributed by atoms with Crippen LogP contribution in [0.2, 0.25) is 0 Å². The monoisotopic (exact) mass is 163 g/mol. The van der Waals surface area contributed by atoms with E-state index in [1.54, 1.807) is 0 Å². The average molecular weight is 163 g/mol. The van der Waals surface area contributed by atoms with E-state index >= 15 is 0 Å². The molecule has 0 heterocycles. The van der Waals surface area contributed by atoms with E-state index in [0.29, 0.717) is 6.41 Å². The summed E-state index contributed by atoms with van der Waals surface area (Å²) >= 11 is 0. The summed E-state index contributed by atoms with van der Waals surface area (Å²) in [6.45, 7) is 1.99. The minimum Gasteiger partial charge on any atom is -0.277 e. The largest absolute Gasteiger partial charge is 0.277 e. The summed E-state index contributed by atoms with van der Waals surface area (Å²) in [5.41, 5.74) is 3.97. The first-order chi connectivity index (χ1) is 5.83. The Balaban J connectivity index is 2.64. The summed E-state index contributed by atoms with van der Waals surface area (Å²) in [6.07, 6.45) is 0.470. The molecule has 0 bridgehead atoms. The van der Waals surface area contributed by atoms with Crippen molar-refractivity contribution in [2.45, 2.75) is 6.92 Å². The van der Waals surface area contributed by atoms with Crippen LogP contribution in [0.3, 0.4) is 0 Å². The fourth-order valence-electron chi connectivity index (χ4n) is 0.722. The van der Waals surface area contributed by atoms with Gasteiger partial charge in [-0.1, -0.05) is 22.9 Å². The minimum absolute atomic E-state index is 0.470. The second kappa shape index (κ2) is 4.23. The Morgan fingerprint density at radius 3 is 2.58 bits per heavy atom. The van der Waals surface area contributed by atoms with E-state index in [9.17, 15) is 4.79 Å². The Morgan fingerprint density at radius 2 is 2.00 bits per heavy atom. The number of carbonyl (C=O) groups is 1. The molecule has 0 unspecified atom stereocenters. The molecule has 4 heteroatoms. The van der Waals surface area contributed by atoms with E-state index in [2.05, 4.69) is 15.8 Å². The third kappa shape index (κ3) is 2.49. The Morgan fingerprint density at radius 1 is 1.33 bits per heavy atom. The maximum absolute atomic E-state index is 9.78. The van der Waals surface area contributed by atoms with Gasteiger partial charge in [0.1, 0.15) is 0 Å². The normalized spacial score (nSPS) is 10.1. The zero-order chi connectivity index (χ0) is 8.81. The number of hydrogen-bond donors (Lipinski definition) is 1. The highest BCUT2D eigenvalue weighted by Crippen LogP contribution is 2.11. The zero-order valence-corrected chi connectivity index (χ0v) is 6.69. The lowest BCUT2D eigenvalue weighted by atomic mass is 10.2. The lowest BCUT2D eigenvalue weighted by Crippen LogP contribution is -1.97. The van der Waals surface area contributed by atoms with Crippen molar-refractivity contribution in [1.29, 1.82) is 0 Å². The maximum Gasteiger partial charge on any atom is 0.228 e. The van der Waals surface area contributed by atoms with E-state index < -0.39 is 0 Å². The molecule has 1 aromatic rings. The van der Waals surface area contributed by atoms with Crippen LogP contribution >= 0.6 is 0 Å². The van der Waals surface area contributed by atoms with Crippen molar-refractivity contribution in [3.8, 4) is 0 Å². The van der Waals surface area contributed by atoms with Gasteiger partial charge in [0, 0.05) is 0 Å². The summed E-state index contributed by atoms with van der Waals surface area (Å²) in [5.74, 6) is 0. The topological polar surface area (TPSA) is 53.8 Å². The fraction of sp³-hybridized carbons (Fsp3) is 0.125. The van der Waals surface area contributed by atoms with E-state index in [1.807, 2.05) is 31.2 Å². The molecule has 0 saturated heterocycles. The summed E-state index contributed by atoms with van der Waals surface area (Å²) in [5, 5.41) is 7.12. The Labute approximate surface area is 70.3 Å². The number of hydrogen-bond acceptors (Lipinski definition) is 3. The number of nitrogens with zero attached hydrogens (tertiary/aromatic N) is 2. The van der Waals surface area contributed by atoms with Crippen LogP contribution in [0.5, 0.6) is 0 Å². The molecule has 1 rings (SSSR count). The number of amides is 1. The molecule has 1 N–H and O–H groups in total. The van der Waals surface area contributed by atoms with Crippen LogP contribution in [0.15, 0.2) is 34.6 Å². The summed E-state index contributed by atoms with van der Waals surface area (Å²) < 4.78 is 0. The van der Waals surface area contributed by atoms with Crippen molar-refractivity contribution < 1.29 is 4.79 Å². The molecular weight excluding hydrogens is 154 g/mol. The molecule has 0 saturated carbocycles. The van der Waals surface area contributed by atoms with Crippen LogP contribution in [-0.4, -0.2) is 6.41 Å². The summed E-state index contributed by atoms with van der Waals surface area (Å²) in [6, 6.07) is 7.50. The molecule has 4 nitrogen and oxygen atoms in total. The lowest BCUT2D eigenvalue weighted by molar-refractivity contribution is -0.109. The molecule has 12 heavy (non-hydrogen) atoms. The van der Waals surface area contributed by atoms with E-state index in [1.165, 1.54) is 0 Å². The second-order valence-electron chi connectivity index (χ2n) is 2.28. The van der Waals surface area contributed by atoms with Crippen LogP contribution in [0.25, 0.3) is 0 Å². The van der Waals surface area contributed by atoms with Gasteiger partial charge in [0.15, 0.2) is 0 Å². The maximum atomic E-state index is 9.78. The quantitative estimate of drug-likeness (QED) is 0.412. The molecule has 0 aromatic heterocycles. The van der Waals surface area contributed by atoms with Crippen molar-refractivity contribution in [2.24, 2.45) is 10.3 Å². The molecule has 62 valence electrons. The van der Waals surface area contributed by atoms with Crippen LogP contribution in [0, 0.1) is 6.92 Å². The summed E-state index contributed by atoms with van der Waals surface area (Å²) in [7, 11) is 0. The SMILES string of the molecule is Cc1ccc(N=NNC=O)cc1. The van der Waals surface area contributed by atoms with Crippen molar-refractivity contribution in [1.82, 2.24) is 5.43 Å². The van der Waals surface area contributed by atoms with Gasteiger partial charge in [0.25, 0.3) is 0 Å². The predicted molar refractivity (Wildman–Crippen MR) is 44.9 cm³/mol. The third-order valence-electron chi connectivity index (χ3n) is 1.31. The van der Waals surface area contributed by atoms with Gasteiger partial charge in [-0.3, -0.25) is 4.79 Å². The number of aryl methyl sites for hydroxylation is 1. The molecule has 0 aliphatic carbocycles. The Hall–Kier alpha value is -1.71. The first kappa shape index (κ1) is 8.39. The second-order valence-corrected chi connectivity index (χ2v) is 2.28. The molecule has 0 atom stereocenters. The summed E-state index contributed by atoms with van der Waals surface area (Å²) in [4.78, 5) is 9.78. The van der Waals surface area contributed by atoms with E-state index in [-0.39, 0.29) is 0 Å². The zero-order valence-electron chi connectivity index (χ0n) is 6.69. The molecule has 0 spiro atoms. The smallest absolute Gasteiger partial charge is 0.228 e. The molecule has 0 radical (unpaired) electrons. The minimum atomic E-state index is 0.470. The molecule has 1 aromatic carbocycles. The predicted octanol–water partition coefficient (Wildman–Crippen LogP) is 1.74. The van der Waals surface area contributed by atoms with Gasteiger partial charge >= 0.3 is 0 Å². The highest BCUT2D eigenvalue weighted by Gasteiger charge is 1.86. The van der Waals surface area contributed by atoms with Crippen molar-refractivity contribution in [3.05, 3.63) is 29.8 Å². The van der Waals surface area contributed by atoms with Crippen LogP contribution in [0.1, 0.15) is 5.56 Å². The van der Waals surface area contributed by atoms with Crippen LogP contribution < -0.4 is 5.43 Å². The van der Waals surface area contributed by atoms with E-state index in [0.717, 1.165) is 11.3 Å². The average Bonchev–Trinajstić information content (AvgIpc) is 2.09. The molecule has 0 aliphatic heterocycles. The fourth-order valence-corrected chi connectivity index (χ4v) is 0.722. The lowest BCUT2D eigenvalue weighted by Gasteiger charge is -1.91. The van der Waals surface area contributed by atoms with Crippen molar-refractivity contribution in [3.63, 3.8) is 0 Å². The first-order valence-electron chi connectivity index (χ1n) is 3.49. The highest BCUT2D eigenvalue weighted by molar-refractivity contribution is 5.45. The number of rotatable bonds is 3. The molecule has 0 fully saturated rings. The Bertz CT molecular complexity index is 279. The van der Waals surface area contributed by atoms with Gasteiger partial charge in [-0.05, 0) is 19.1 Å².